The molecule has 33 heavy (non-hydrogen) atoms. The van der Waals surface area contributed by atoms with E-state index in [9.17, 15) is 19.7 Å². The second-order valence-corrected chi connectivity index (χ2v) is 9.99. The Balaban J connectivity index is 2.14. The lowest BCUT2D eigenvalue weighted by Crippen LogP contribution is -2.30. The van der Waals surface area contributed by atoms with Crippen LogP contribution in [-0.2, 0) is 12.8 Å². The first-order chi connectivity index (χ1) is 15.4. The third-order valence-electron chi connectivity index (χ3n) is 5.84. The van der Waals surface area contributed by atoms with Crippen molar-refractivity contribution < 1.29 is 14.5 Å². The van der Waals surface area contributed by atoms with Gasteiger partial charge in [-0.15, -0.1) is 6.58 Å². The molecule has 1 aliphatic rings. The minimum atomic E-state index is -0.498. The lowest BCUT2D eigenvalue weighted by molar-refractivity contribution is -0.384. The van der Waals surface area contributed by atoms with Gasteiger partial charge in [0.1, 0.15) is 5.69 Å². The molecule has 0 saturated heterocycles. The number of amides is 1. The number of rotatable bonds is 8. The van der Waals surface area contributed by atoms with Crippen LogP contribution in [0.4, 0.5) is 5.69 Å². The summed E-state index contributed by atoms with van der Waals surface area (Å²) in [4.78, 5) is 38.9. The van der Waals surface area contributed by atoms with Crippen molar-refractivity contribution in [2.45, 2.75) is 53.4 Å². The third kappa shape index (κ3) is 5.05. The van der Waals surface area contributed by atoms with Gasteiger partial charge in [-0.2, -0.15) is 5.10 Å². The van der Waals surface area contributed by atoms with Gasteiger partial charge < -0.3 is 4.90 Å². The third-order valence-corrected chi connectivity index (χ3v) is 5.84. The maximum atomic E-state index is 13.0. The molecule has 0 saturated carbocycles. The number of benzene rings is 1. The van der Waals surface area contributed by atoms with Crippen LogP contribution in [0.25, 0.3) is 5.69 Å². The number of aryl methyl sites for hydroxylation is 1. The summed E-state index contributed by atoms with van der Waals surface area (Å²) in [6.07, 6.45) is 3.93. The first kappa shape index (κ1) is 24.4. The van der Waals surface area contributed by atoms with Gasteiger partial charge >= 0.3 is 0 Å². The number of carbonyl (C=O) groups excluding carboxylic acids is 2. The van der Waals surface area contributed by atoms with Crippen LogP contribution in [0.5, 0.6) is 0 Å². The largest absolute Gasteiger partial charge is 0.341 e. The smallest absolute Gasteiger partial charge is 0.295 e. The predicted molar refractivity (Wildman–Crippen MR) is 127 cm³/mol. The number of ketones is 1. The van der Waals surface area contributed by atoms with Crippen molar-refractivity contribution in [3.8, 4) is 5.69 Å². The highest BCUT2D eigenvalue weighted by atomic mass is 16.6. The molecule has 176 valence electrons. The van der Waals surface area contributed by atoms with Crippen LogP contribution in [0, 0.1) is 21.4 Å². The quantitative estimate of drug-likeness (QED) is 0.326. The second-order valence-electron chi connectivity index (χ2n) is 9.99. The first-order valence-corrected chi connectivity index (χ1v) is 11.2. The first-order valence-electron chi connectivity index (χ1n) is 11.2. The topological polar surface area (TPSA) is 98.3 Å². The molecule has 1 amide bonds. The molecule has 3 rings (SSSR count). The molecule has 0 N–H and O–H groups in total. The summed E-state index contributed by atoms with van der Waals surface area (Å²) < 4.78 is 1.54. The van der Waals surface area contributed by atoms with Crippen molar-refractivity contribution in [1.82, 2.24) is 14.7 Å². The second kappa shape index (κ2) is 9.29. The van der Waals surface area contributed by atoms with E-state index in [2.05, 4.69) is 11.7 Å². The molecule has 0 bridgehead atoms. The fraction of sp³-hybridized carbons (Fsp3) is 0.480. The van der Waals surface area contributed by atoms with E-state index in [4.69, 9.17) is 0 Å². The van der Waals surface area contributed by atoms with Crippen molar-refractivity contribution in [1.29, 1.82) is 0 Å². The molecule has 1 aliphatic carbocycles. The molecule has 0 radical (unpaired) electrons. The Hall–Kier alpha value is -3.29. The van der Waals surface area contributed by atoms with E-state index >= 15 is 0 Å². The summed E-state index contributed by atoms with van der Waals surface area (Å²) in [7, 11) is 1.69. The van der Waals surface area contributed by atoms with Gasteiger partial charge in [0.2, 0.25) is 0 Å². The Morgan fingerprint density at radius 2 is 2.06 bits per heavy atom. The van der Waals surface area contributed by atoms with E-state index in [1.54, 1.807) is 30.2 Å². The summed E-state index contributed by atoms with van der Waals surface area (Å²) in [5.74, 6) is 0.0128. The van der Waals surface area contributed by atoms with Crippen LogP contribution in [0.2, 0.25) is 0 Å². The molecule has 1 aromatic heterocycles. The van der Waals surface area contributed by atoms with Gasteiger partial charge in [-0.05, 0) is 42.7 Å². The monoisotopic (exact) mass is 452 g/mol. The Morgan fingerprint density at radius 1 is 1.36 bits per heavy atom. The summed E-state index contributed by atoms with van der Waals surface area (Å²) >= 11 is 0. The van der Waals surface area contributed by atoms with E-state index in [1.807, 2.05) is 27.7 Å². The van der Waals surface area contributed by atoms with Crippen molar-refractivity contribution in [3.63, 3.8) is 0 Å². The molecule has 8 nitrogen and oxygen atoms in total. The molecule has 8 heteroatoms. The van der Waals surface area contributed by atoms with Gasteiger partial charge in [0.05, 0.1) is 21.9 Å². The maximum absolute atomic E-state index is 13.0. The van der Waals surface area contributed by atoms with Crippen LogP contribution in [0.1, 0.15) is 72.6 Å². The highest BCUT2D eigenvalue weighted by molar-refractivity contribution is 6.00. The Bertz CT molecular complexity index is 1110. The lowest BCUT2D eigenvalue weighted by atomic mass is 9.75. The van der Waals surface area contributed by atoms with Crippen molar-refractivity contribution in [3.05, 3.63) is 63.5 Å². The van der Waals surface area contributed by atoms with Gasteiger partial charge in [-0.1, -0.05) is 33.8 Å². The maximum Gasteiger partial charge on any atom is 0.295 e. The Kier molecular flexibility index (Phi) is 6.86. The van der Waals surface area contributed by atoms with E-state index in [0.29, 0.717) is 49.2 Å². The zero-order valence-corrected chi connectivity index (χ0v) is 20.1. The molecule has 1 heterocycles. The summed E-state index contributed by atoms with van der Waals surface area (Å²) in [6, 6.07) is 4.46. The molecule has 0 fully saturated rings. The lowest BCUT2D eigenvalue weighted by Gasteiger charge is -2.29. The average Bonchev–Trinajstić information content (AvgIpc) is 3.07. The van der Waals surface area contributed by atoms with Crippen molar-refractivity contribution in [2.75, 3.05) is 13.6 Å². The van der Waals surface area contributed by atoms with Crippen molar-refractivity contribution in [2.24, 2.45) is 11.3 Å². The number of nitro benzene ring substituents is 1. The van der Waals surface area contributed by atoms with Gasteiger partial charge in [0.15, 0.2) is 5.78 Å². The zero-order valence-electron chi connectivity index (χ0n) is 20.1. The van der Waals surface area contributed by atoms with Crippen LogP contribution in [-0.4, -0.2) is 44.9 Å². The van der Waals surface area contributed by atoms with E-state index < -0.39 is 4.92 Å². The molecule has 1 aromatic carbocycles. The summed E-state index contributed by atoms with van der Waals surface area (Å²) in [5.41, 5.74) is 1.91. The SMILES string of the molecule is C=CCCc1nn(-c2ccc(C(=O)N(C)CC(C)C)cc2[N+](=O)[O-])c2c1C(=O)CC(C)(C)C2. The van der Waals surface area contributed by atoms with Gasteiger partial charge in [0, 0.05) is 31.6 Å². The predicted octanol–water partition coefficient (Wildman–Crippen LogP) is 4.78. The molecule has 0 aliphatic heterocycles. The zero-order chi connectivity index (χ0) is 24.5. The average molecular weight is 453 g/mol. The molecular formula is C25H32N4O4. The number of nitrogens with zero attached hydrogens (tertiary/aromatic N) is 4. The number of Topliss-reactive ketones (excluding diaryl/α,β-unsaturated/α-hetero) is 1. The van der Waals surface area contributed by atoms with E-state index in [0.717, 1.165) is 0 Å². The van der Waals surface area contributed by atoms with Crippen LogP contribution in [0.3, 0.4) is 0 Å². The van der Waals surface area contributed by atoms with Gasteiger partial charge in [-0.3, -0.25) is 19.7 Å². The number of nitro groups is 1. The minimum absolute atomic E-state index is 0.0105. The van der Waals surface area contributed by atoms with E-state index in [1.165, 1.54) is 10.7 Å². The molecular weight excluding hydrogens is 420 g/mol. The van der Waals surface area contributed by atoms with E-state index in [-0.39, 0.29) is 40.0 Å². The van der Waals surface area contributed by atoms with Crippen LogP contribution in [0.15, 0.2) is 30.9 Å². The van der Waals surface area contributed by atoms with Gasteiger partial charge in [0.25, 0.3) is 11.6 Å². The number of aromatic nitrogens is 2. The van der Waals surface area contributed by atoms with Crippen molar-refractivity contribution >= 4 is 17.4 Å². The number of hydrogen-bond donors (Lipinski definition) is 0. The number of carbonyl (C=O) groups is 2. The highest BCUT2D eigenvalue weighted by Crippen LogP contribution is 2.38. The molecule has 2 aromatic rings. The standard InChI is InChI=1S/C25H32N4O4/c1-7-8-9-18-23-21(13-25(4,5)14-22(23)30)28(26-18)19-11-10-17(12-20(19)29(32)33)24(31)27(6)15-16(2)3/h7,10-12,16H,1,8-9,13-15H2,2-6H3. The number of allylic oxidation sites excluding steroid dienone is 1. The Morgan fingerprint density at radius 3 is 2.67 bits per heavy atom. The Labute approximate surface area is 194 Å². The number of fused-ring (bicyclic) bond motifs is 1. The minimum Gasteiger partial charge on any atom is -0.341 e. The fourth-order valence-corrected chi connectivity index (χ4v) is 4.47. The molecule has 0 spiro atoms. The fourth-order valence-electron chi connectivity index (χ4n) is 4.47. The number of hydrogen-bond acceptors (Lipinski definition) is 5. The molecule has 0 unspecified atom stereocenters. The molecule has 0 atom stereocenters. The van der Waals surface area contributed by atoms with Crippen LogP contribution >= 0.6 is 0 Å². The van der Waals surface area contributed by atoms with Gasteiger partial charge in [-0.25, -0.2) is 4.68 Å². The summed E-state index contributed by atoms with van der Waals surface area (Å²) in [6.45, 7) is 12.3. The van der Waals surface area contributed by atoms with Crippen LogP contribution < -0.4 is 0 Å². The highest BCUT2D eigenvalue weighted by Gasteiger charge is 2.37. The summed E-state index contributed by atoms with van der Waals surface area (Å²) in [5, 5.41) is 16.7. The normalized spacial score (nSPS) is 14.8.